The van der Waals surface area contributed by atoms with Gasteiger partial charge in [0, 0.05) is 29.2 Å². The number of carbonyl (C=O) groups excluding carboxylic acids is 1. The van der Waals surface area contributed by atoms with Crippen molar-refractivity contribution in [2.24, 2.45) is 0 Å². The molecule has 7 heteroatoms. The van der Waals surface area contributed by atoms with Crippen molar-refractivity contribution in [2.45, 2.75) is 13.3 Å². The minimum atomic E-state index is -0.471. The molecule has 0 aliphatic rings. The fraction of sp³-hybridized carbons (Fsp3) is 0.100. The largest absolute Gasteiger partial charge is 0.298 e. The Morgan fingerprint density at radius 1 is 1.26 bits per heavy atom. The molecule has 1 N–H and O–H groups in total. The van der Waals surface area contributed by atoms with Gasteiger partial charge in [-0.05, 0) is 23.6 Å². The highest BCUT2D eigenvalue weighted by Crippen LogP contribution is 2.25. The third-order valence-electron chi connectivity index (χ3n) is 3.90. The van der Waals surface area contributed by atoms with E-state index in [1.165, 1.54) is 41.2 Å². The van der Waals surface area contributed by atoms with Crippen LogP contribution in [0.2, 0.25) is 0 Å². The third kappa shape index (κ3) is 4.86. The third-order valence-corrected chi connectivity index (χ3v) is 4.66. The molecule has 3 rings (SSSR count). The lowest BCUT2D eigenvalue weighted by Gasteiger charge is -1.99. The summed E-state index contributed by atoms with van der Waals surface area (Å²) in [6.07, 6.45) is 3.84. The molecule has 0 fully saturated rings. The summed E-state index contributed by atoms with van der Waals surface area (Å²) in [5, 5.41) is 15.9. The Balaban J connectivity index is 1.65. The molecular weight excluding hydrogens is 362 g/mol. The van der Waals surface area contributed by atoms with Gasteiger partial charge in [-0.3, -0.25) is 20.2 Å². The molecule has 0 atom stereocenters. The van der Waals surface area contributed by atoms with Crippen LogP contribution in [0.15, 0.2) is 60.0 Å². The number of nitrogens with one attached hydrogen (secondary N) is 1. The first kappa shape index (κ1) is 18.5. The lowest BCUT2D eigenvalue weighted by Crippen LogP contribution is -2.07. The summed E-state index contributed by atoms with van der Waals surface area (Å²) in [5.74, 6) is -0.344. The zero-order valence-corrected chi connectivity index (χ0v) is 15.4. The van der Waals surface area contributed by atoms with Crippen LogP contribution in [0.1, 0.15) is 18.1 Å². The molecule has 136 valence electrons. The Kier molecular flexibility index (Phi) is 5.73. The summed E-state index contributed by atoms with van der Waals surface area (Å²) in [7, 11) is 0. The van der Waals surface area contributed by atoms with Crippen molar-refractivity contribution < 1.29 is 9.72 Å². The highest BCUT2D eigenvalue weighted by atomic mass is 32.1. The van der Waals surface area contributed by atoms with Gasteiger partial charge >= 0.3 is 0 Å². The Labute approximate surface area is 160 Å². The zero-order valence-electron chi connectivity index (χ0n) is 14.6. The predicted octanol–water partition coefficient (Wildman–Crippen LogP) is 4.93. The highest BCUT2D eigenvalue weighted by Gasteiger charge is 2.07. The van der Waals surface area contributed by atoms with Crippen molar-refractivity contribution in [3.05, 3.63) is 81.2 Å². The quantitative estimate of drug-likeness (QED) is 0.374. The van der Waals surface area contributed by atoms with Gasteiger partial charge in [-0.1, -0.05) is 43.3 Å². The number of anilines is 1. The number of aryl methyl sites for hydroxylation is 1. The van der Waals surface area contributed by atoms with Gasteiger partial charge in [-0.25, -0.2) is 4.98 Å². The maximum Gasteiger partial charge on any atom is 0.270 e. The van der Waals surface area contributed by atoms with Gasteiger partial charge in [-0.15, -0.1) is 11.3 Å². The molecule has 1 aromatic heterocycles. The number of amides is 1. The van der Waals surface area contributed by atoms with Crippen LogP contribution in [0.4, 0.5) is 10.8 Å². The molecule has 1 heterocycles. The summed E-state index contributed by atoms with van der Waals surface area (Å²) in [6, 6.07) is 14.2. The van der Waals surface area contributed by atoms with Crippen molar-refractivity contribution >= 4 is 34.1 Å². The monoisotopic (exact) mass is 379 g/mol. The Morgan fingerprint density at radius 3 is 2.74 bits per heavy atom. The van der Waals surface area contributed by atoms with E-state index in [4.69, 9.17) is 0 Å². The fourth-order valence-electron chi connectivity index (χ4n) is 2.44. The smallest absolute Gasteiger partial charge is 0.270 e. The van der Waals surface area contributed by atoms with E-state index in [1.807, 2.05) is 17.5 Å². The second-order valence-electron chi connectivity index (χ2n) is 5.76. The number of non-ortho nitro benzene ring substituents is 1. The highest BCUT2D eigenvalue weighted by molar-refractivity contribution is 7.14. The lowest BCUT2D eigenvalue weighted by molar-refractivity contribution is -0.384. The van der Waals surface area contributed by atoms with Crippen LogP contribution in [0.3, 0.4) is 0 Å². The summed E-state index contributed by atoms with van der Waals surface area (Å²) in [6.45, 7) is 2.10. The Hall–Kier alpha value is -3.32. The van der Waals surface area contributed by atoms with E-state index >= 15 is 0 Å². The molecule has 0 spiro atoms. The number of benzene rings is 2. The molecule has 0 unspecified atom stereocenters. The van der Waals surface area contributed by atoms with E-state index in [9.17, 15) is 14.9 Å². The van der Waals surface area contributed by atoms with E-state index in [2.05, 4.69) is 29.4 Å². The summed E-state index contributed by atoms with van der Waals surface area (Å²) < 4.78 is 0. The molecule has 0 radical (unpaired) electrons. The van der Waals surface area contributed by atoms with Crippen molar-refractivity contribution in [1.29, 1.82) is 0 Å². The molecular formula is C20H17N3O3S. The zero-order chi connectivity index (χ0) is 19.2. The maximum atomic E-state index is 12.1. The van der Waals surface area contributed by atoms with Crippen molar-refractivity contribution in [1.82, 2.24) is 4.98 Å². The van der Waals surface area contributed by atoms with Crippen molar-refractivity contribution in [2.75, 3.05) is 5.32 Å². The number of aromatic nitrogens is 1. The maximum absolute atomic E-state index is 12.1. The standard InChI is InChI=1S/C20H17N3O3S/c1-2-14-6-9-16(10-7-14)18-13-27-20(21-18)22-19(24)11-8-15-4-3-5-17(12-15)23(25)26/h3-13H,2H2,1H3,(H,21,22,24)/b11-8+. The number of hydrogen-bond acceptors (Lipinski definition) is 5. The van der Waals surface area contributed by atoms with E-state index in [-0.39, 0.29) is 11.6 Å². The van der Waals surface area contributed by atoms with Gasteiger partial charge in [0.1, 0.15) is 0 Å². The van der Waals surface area contributed by atoms with E-state index in [0.29, 0.717) is 10.7 Å². The predicted molar refractivity (Wildman–Crippen MR) is 108 cm³/mol. The van der Waals surface area contributed by atoms with E-state index in [0.717, 1.165) is 17.7 Å². The van der Waals surface area contributed by atoms with E-state index in [1.54, 1.807) is 12.1 Å². The van der Waals surface area contributed by atoms with Crippen LogP contribution in [0, 0.1) is 10.1 Å². The lowest BCUT2D eigenvalue weighted by atomic mass is 10.1. The normalized spacial score (nSPS) is 10.9. The van der Waals surface area contributed by atoms with Crippen LogP contribution in [0.25, 0.3) is 17.3 Å². The van der Waals surface area contributed by atoms with Crippen LogP contribution in [0.5, 0.6) is 0 Å². The first-order chi connectivity index (χ1) is 13.0. The second-order valence-corrected chi connectivity index (χ2v) is 6.62. The SMILES string of the molecule is CCc1ccc(-c2csc(NC(=O)/C=C/c3cccc([N+](=O)[O-])c3)n2)cc1. The molecule has 1 amide bonds. The molecule has 0 aliphatic carbocycles. The molecule has 6 nitrogen and oxygen atoms in total. The van der Waals surface area contributed by atoms with Crippen LogP contribution in [-0.4, -0.2) is 15.8 Å². The Bertz CT molecular complexity index is 994. The number of hydrogen-bond donors (Lipinski definition) is 1. The van der Waals surface area contributed by atoms with Gasteiger partial charge in [0.05, 0.1) is 10.6 Å². The minimum Gasteiger partial charge on any atom is -0.298 e. The van der Waals surface area contributed by atoms with Crippen LogP contribution in [-0.2, 0) is 11.2 Å². The Morgan fingerprint density at radius 2 is 2.04 bits per heavy atom. The molecule has 0 aliphatic heterocycles. The number of thiazole rings is 1. The van der Waals surface area contributed by atoms with Gasteiger partial charge in [0.15, 0.2) is 5.13 Å². The first-order valence-corrected chi connectivity index (χ1v) is 9.21. The summed E-state index contributed by atoms with van der Waals surface area (Å²) in [5.41, 5.74) is 3.62. The average Bonchev–Trinajstić information content (AvgIpc) is 3.15. The number of nitrogens with zero attached hydrogens (tertiary/aromatic N) is 2. The average molecular weight is 379 g/mol. The molecule has 0 saturated heterocycles. The van der Waals surface area contributed by atoms with Gasteiger partial charge in [0.25, 0.3) is 5.69 Å². The minimum absolute atomic E-state index is 0.0174. The second kappa shape index (κ2) is 8.37. The van der Waals surface area contributed by atoms with Gasteiger partial charge in [0.2, 0.25) is 5.91 Å². The van der Waals surface area contributed by atoms with Crippen molar-refractivity contribution in [3.8, 4) is 11.3 Å². The van der Waals surface area contributed by atoms with Crippen molar-refractivity contribution in [3.63, 3.8) is 0 Å². The molecule has 0 saturated carbocycles. The number of nitro groups is 1. The van der Waals surface area contributed by atoms with Crippen LogP contribution < -0.4 is 5.32 Å². The van der Waals surface area contributed by atoms with Gasteiger partial charge in [-0.2, -0.15) is 0 Å². The molecule has 2 aromatic carbocycles. The first-order valence-electron chi connectivity index (χ1n) is 8.33. The number of rotatable bonds is 6. The summed E-state index contributed by atoms with van der Waals surface area (Å²) >= 11 is 1.34. The molecule has 3 aromatic rings. The molecule has 27 heavy (non-hydrogen) atoms. The summed E-state index contributed by atoms with van der Waals surface area (Å²) in [4.78, 5) is 26.8. The number of carbonyl (C=O) groups is 1. The van der Waals surface area contributed by atoms with Crippen LogP contribution >= 0.6 is 11.3 Å². The fourth-order valence-corrected chi connectivity index (χ4v) is 3.16. The van der Waals surface area contributed by atoms with Gasteiger partial charge < -0.3 is 0 Å². The number of nitro benzene ring substituents is 1. The molecule has 0 bridgehead atoms. The van der Waals surface area contributed by atoms with E-state index < -0.39 is 4.92 Å². The topological polar surface area (TPSA) is 85.1 Å².